The second-order valence-electron chi connectivity index (χ2n) is 9.96. The summed E-state index contributed by atoms with van der Waals surface area (Å²) in [4.78, 5) is 53.9. The van der Waals surface area contributed by atoms with Gasteiger partial charge in [0, 0.05) is 0 Å². The van der Waals surface area contributed by atoms with Crippen LogP contribution in [0.2, 0.25) is 0 Å². The summed E-state index contributed by atoms with van der Waals surface area (Å²) in [7, 11) is -10.7. The number of ether oxygens (including phenoxy) is 2. The van der Waals surface area contributed by atoms with Gasteiger partial charge in [0.2, 0.25) is 12.1 Å². The highest BCUT2D eigenvalue weighted by atomic mass is 31.3. The molecule has 2 aromatic heterocycles. The van der Waals surface area contributed by atoms with Crippen LogP contribution in [-0.2, 0) is 36.8 Å². The van der Waals surface area contributed by atoms with Crippen molar-refractivity contribution in [3.63, 3.8) is 0 Å². The molecule has 1 amide bonds. The van der Waals surface area contributed by atoms with E-state index in [4.69, 9.17) is 19.7 Å². The van der Waals surface area contributed by atoms with E-state index in [-0.39, 0.29) is 23.3 Å². The molecule has 5 rings (SSSR count). The van der Waals surface area contributed by atoms with Crippen LogP contribution in [0, 0.1) is 0 Å². The van der Waals surface area contributed by atoms with Gasteiger partial charge in [0.25, 0.3) is 5.56 Å². The third-order valence-corrected chi connectivity index (χ3v) is 9.64. The van der Waals surface area contributed by atoms with E-state index in [0.29, 0.717) is 4.90 Å². The average Bonchev–Trinajstić information content (AvgIpc) is 3.61. The van der Waals surface area contributed by atoms with E-state index >= 15 is 0 Å². The molecule has 3 unspecified atom stereocenters. The summed E-state index contributed by atoms with van der Waals surface area (Å²) in [6.07, 6.45) is -5.08. The number of carbonyl (C=O) groups excluding carboxylic acids is 1. The first-order valence-corrected chi connectivity index (χ1v) is 15.8. The Morgan fingerprint density at radius 2 is 1.68 bits per heavy atom. The van der Waals surface area contributed by atoms with E-state index in [2.05, 4.69) is 23.8 Å². The van der Waals surface area contributed by atoms with Crippen molar-refractivity contribution in [1.82, 2.24) is 19.5 Å². The number of aromatic nitrogens is 4. The highest BCUT2D eigenvalue weighted by Crippen LogP contribution is 2.60. The normalized spacial score (nSPS) is 35.0. The van der Waals surface area contributed by atoms with E-state index in [0.717, 1.165) is 17.2 Å². The molecule has 0 radical (unpaired) electrons. The molecular weight excluding hydrogens is 638 g/mol. The van der Waals surface area contributed by atoms with Crippen LogP contribution in [0.25, 0.3) is 11.2 Å². The number of aromatic amines is 1. The Bertz CT molecular complexity index is 1610. The van der Waals surface area contributed by atoms with Gasteiger partial charge in [-0.3, -0.25) is 28.1 Å². The number of allylic oxidation sites excluding steroid dienone is 2. The molecule has 2 aromatic rings. The molecule has 0 spiro atoms. The van der Waals surface area contributed by atoms with Crippen LogP contribution in [0.1, 0.15) is 6.23 Å². The van der Waals surface area contributed by atoms with Crippen molar-refractivity contribution in [1.29, 1.82) is 0 Å². The number of nitrogens with zero attached hydrogens (tertiary/aromatic N) is 3. The molecule has 0 bridgehead atoms. The number of hydrogen-bond acceptors (Lipinski definition) is 15. The molecule has 10 N–H and O–H groups in total. The van der Waals surface area contributed by atoms with Crippen molar-refractivity contribution in [3.05, 3.63) is 46.9 Å². The van der Waals surface area contributed by atoms with E-state index in [1.165, 1.54) is 18.4 Å². The number of H-pyrrole nitrogens is 1. The maximum absolute atomic E-state index is 12.4. The molecule has 44 heavy (non-hydrogen) atoms. The first-order valence-electron chi connectivity index (χ1n) is 12.8. The molecule has 242 valence electrons. The van der Waals surface area contributed by atoms with Crippen molar-refractivity contribution in [2.45, 2.75) is 49.1 Å². The zero-order valence-corrected chi connectivity index (χ0v) is 24.1. The second kappa shape index (κ2) is 12.6. The fourth-order valence-corrected chi connectivity index (χ4v) is 6.93. The summed E-state index contributed by atoms with van der Waals surface area (Å²) in [6.45, 7) is -1.78. The van der Waals surface area contributed by atoms with E-state index in [9.17, 15) is 48.9 Å². The van der Waals surface area contributed by atoms with E-state index < -0.39 is 89.4 Å². The summed E-state index contributed by atoms with van der Waals surface area (Å²) in [5, 5.41) is 41.6. The zero-order chi connectivity index (χ0) is 32.0. The van der Waals surface area contributed by atoms with Crippen LogP contribution in [-0.4, -0.2) is 118 Å². The van der Waals surface area contributed by atoms with Gasteiger partial charge in [-0.15, -0.1) is 0 Å². The second-order valence-corrected chi connectivity index (χ2v) is 13.0. The number of hydrogen-bond donors (Lipinski definition) is 9. The van der Waals surface area contributed by atoms with Crippen LogP contribution < -0.4 is 16.2 Å². The maximum atomic E-state index is 12.4. The molecule has 0 aliphatic carbocycles. The Balaban J connectivity index is 1.14. The third kappa shape index (κ3) is 6.76. The van der Waals surface area contributed by atoms with Crippen LogP contribution in [0.15, 0.2) is 41.4 Å². The van der Waals surface area contributed by atoms with Crippen molar-refractivity contribution in [2.24, 2.45) is 5.73 Å². The molecule has 11 atom stereocenters. The number of imidazole rings is 1. The standard InChI is InChI=1S/C21H28N6O15P2/c22-17(32)9-2-1-3-26(4-9)20-15(30)13(28)10(40-20)5-38-43(34,35)42-44(36,37)39-6-11-14(29)16(31)21(41-11)27-8-25-12-18(27)23-7-24-19(12)33/h1-3,7-8,10-11,13-16,20-21,28-31H,4-6H2,(H2,22,32)(H,34,35)(H,36,37)(H,23,24,33)/p+1/t10-,11-,13-,14-,15-,16-,20-,21-/m1/s1. The van der Waals surface area contributed by atoms with Gasteiger partial charge in [-0.25, -0.2) is 19.1 Å². The van der Waals surface area contributed by atoms with Gasteiger partial charge in [0.15, 0.2) is 23.5 Å². The molecule has 3 aliphatic rings. The SMILES string of the molecule is NC(=O)C1=CC=C[NH+]([C@@H]2O[C@H](COP(=O)(O)OP(=O)(O)OC[C@H]3O[C@@H](n4cnc5c(=O)[nH]cnc54)[C@H](O)[C@@H]3O)[C@@H](O)[C@H]2O)C1. The molecular formula is C21H29N6O15P2+. The molecule has 2 fully saturated rings. The minimum atomic E-state index is -5.38. The quantitative estimate of drug-likeness (QED) is 0.102. The Hall–Kier alpha value is -2.72. The Morgan fingerprint density at radius 1 is 1.05 bits per heavy atom. The number of rotatable bonds is 11. The number of primary amides is 1. The lowest BCUT2D eigenvalue weighted by Gasteiger charge is -2.25. The summed E-state index contributed by atoms with van der Waals surface area (Å²) in [6, 6.07) is 0. The number of aliphatic hydroxyl groups excluding tert-OH is 4. The topological polar surface area (TPSA) is 313 Å². The van der Waals surface area contributed by atoms with Gasteiger partial charge in [-0.1, -0.05) is 0 Å². The average molecular weight is 667 g/mol. The Kier molecular flexibility index (Phi) is 9.34. The third-order valence-electron chi connectivity index (χ3n) is 7.03. The van der Waals surface area contributed by atoms with Gasteiger partial charge in [-0.05, 0) is 12.2 Å². The van der Waals surface area contributed by atoms with Crippen molar-refractivity contribution in [2.75, 3.05) is 19.8 Å². The molecule has 5 heterocycles. The van der Waals surface area contributed by atoms with Crippen LogP contribution in [0.4, 0.5) is 0 Å². The number of quaternary nitrogens is 1. The van der Waals surface area contributed by atoms with Crippen molar-refractivity contribution in [3.8, 4) is 0 Å². The number of amides is 1. The summed E-state index contributed by atoms with van der Waals surface area (Å²) >= 11 is 0. The van der Waals surface area contributed by atoms with Crippen LogP contribution in [0.3, 0.4) is 0 Å². The van der Waals surface area contributed by atoms with Crippen LogP contribution >= 0.6 is 15.6 Å². The number of nitrogens with one attached hydrogen (secondary N) is 2. The van der Waals surface area contributed by atoms with Crippen LogP contribution in [0.5, 0.6) is 0 Å². The van der Waals surface area contributed by atoms with Gasteiger partial charge in [-0.2, -0.15) is 4.31 Å². The predicted octanol–water partition coefficient (Wildman–Crippen LogP) is -4.74. The van der Waals surface area contributed by atoms with Gasteiger partial charge < -0.3 is 50.4 Å². The number of aliphatic hydroxyl groups is 4. The predicted molar refractivity (Wildman–Crippen MR) is 140 cm³/mol. The molecule has 0 aromatic carbocycles. The number of phosphoric ester groups is 2. The minimum Gasteiger partial charge on any atom is -0.387 e. The molecule has 2 saturated heterocycles. The smallest absolute Gasteiger partial charge is 0.387 e. The summed E-state index contributed by atoms with van der Waals surface area (Å²) < 4.78 is 50.7. The highest BCUT2D eigenvalue weighted by Gasteiger charge is 2.50. The molecule has 0 saturated carbocycles. The fraction of sp³-hybridized carbons (Fsp3) is 0.524. The largest absolute Gasteiger partial charge is 0.481 e. The lowest BCUT2D eigenvalue weighted by molar-refractivity contribution is -0.898. The monoisotopic (exact) mass is 667 g/mol. The number of phosphoric acid groups is 2. The lowest BCUT2D eigenvalue weighted by atomic mass is 10.1. The van der Waals surface area contributed by atoms with Gasteiger partial charge in [0.05, 0.1) is 37.6 Å². The Labute approximate surface area is 245 Å². The fourth-order valence-electron chi connectivity index (χ4n) is 4.84. The first kappa shape index (κ1) is 32.7. The minimum absolute atomic E-state index is 0.0114. The van der Waals surface area contributed by atoms with Crippen molar-refractivity contribution >= 4 is 32.7 Å². The summed E-state index contributed by atoms with van der Waals surface area (Å²) in [5.41, 5.74) is 4.87. The number of nitrogens with two attached hydrogens (primary N) is 1. The van der Waals surface area contributed by atoms with Gasteiger partial charge in [0.1, 0.15) is 37.1 Å². The summed E-state index contributed by atoms with van der Waals surface area (Å²) in [5.74, 6) is -0.694. The highest BCUT2D eigenvalue weighted by molar-refractivity contribution is 7.61. The molecule has 3 aliphatic heterocycles. The number of fused-ring (bicyclic) bond motifs is 1. The maximum Gasteiger partial charge on any atom is 0.481 e. The van der Waals surface area contributed by atoms with E-state index in [1.807, 2.05) is 0 Å². The molecule has 23 heteroatoms. The molecule has 21 nitrogen and oxygen atoms in total. The Morgan fingerprint density at radius 3 is 2.34 bits per heavy atom. The number of carbonyl (C=O) groups is 1. The zero-order valence-electron chi connectivity index (χ0n) is 22.3. The first-order chi connectivity index (χ1) is 20.7. The van der Waals surface area contributed by atoms with Crippen molar-refractivity contribution < 1.29 is 71.9 Å². The lowest BCUT2D eigenvalue weighted by Crippen LogP contribution is -3.13. The van der Waals surface area contributed by atoms with Gasteiger partial charge >= 0.3 is 15.6 Å². The van der Waals surface area contributed by atoms with E-state index in [1.54, 1.807) is 0 Å².